The molecular formula is C3H7Br3Si. The maximum atomic E-state index is 3.44. The zero-order valence-electron chi connectivity index (χ0n) is 3.83. The van der Waals surface area contributed by atoms with Crippen molar-refractivity contribution in [3.05, 3.63) is 0 Å². The summed E-state index contributed by atoms with van der Waals surface area (Å²) < 4.78 is 0. The molecule has 0 aliphatic heterocycles. The van der Waals surface area contributed by atoms with E-state index in [1.807, 2.05) is 0 Å². The summed E-state index contributed by atoms with van der Waals surface area (Å²) in [5.41, 5.74) is 0. The molecule has 4 heteroatoms. The summed E-state index contributed by atoms with van der Waals surface area (Å²) in [6.07, 6.45) is 0. The van der Waals surface area contributed by atoms with Crippen molar-refractivity contribution in [1.82, 2.24) is 0 Å². The smallest absolute Gasteiger partial charge is 0.0715 e. The molecule has 0 aromatic heterocycles. The molecule has 0 N–H and O–H groups in total. The van der Waals surface area contributed by atoms with Crippen molar-refractivity contribution < 1.29 is 0 Å². The first kappa shape index (κ1) is 8.66. The van der Waals surface area contributed by atoms with Crippen LogP contribution in [0, 0.1) is 0 Å². The van der Waals surface area contributed by atoms with Gasteiger partial charge < -0.3 is 0 Å². The summed E-state index contributed by atoms with van der Waals surface area (Å²) in [4.78, 5) is 3.64. The lowest BCUT2D eigenvalue weighted by Gasteiger charge is -1.99. The van der Waals surface area contributed by atoms with Gasteiger partial charge in [0, 0.05) is 0 Å². The average Bonchev–Trinajstić information content (AvgIpc) is 1.72. The van der Waals surface area contributed by atoms with Crippen LogP contribution in [0.25, 0.3) is 0 Å². The van der Waals surface area contributed by atoms with E-state index < -0.39 is 8.80 Å². The molecule has 0 unspecified atom stereocenters. The SMILES string of the molecule is BrC[SiH](CBr)CBr. The average molecular weight is 311 g/mol. The highest BCUT2D eigenvalue weighted by Crippen LogP contribution is 1.97. The third-order valence-electron chi connectivity index (χ3n) is 0.655. The molecule has 0 saturated carbocycles. The van der Waals surface area contributed by atoms with Gasteiger partial charge in [-0.15, -0.1) is 0 Å². The van der Waals surface area contributed by atoms with Crippen molar-refractivity contribution in [3.8, 4) is 0 Å². The van der Waals surface area contributed by atoms with Crippen molar-refractivity contribution in [2.45, 2.75) is 0 Å². The van der Waals surface area contributed by atoms with E-state index in [1.54, 1.807) is 0 Å². The van der Waals surface area contributed by atoms with Crippen molar-refractivity contribution in [3.63, 3.8) is 0 Å². The van der Waals surface area contributed by atoms with Crippen LogP contribution in [0.1, 0.15) is 0 Å². The topological polar surface area (TPSA) is 0 Å². The summed E-state index contributed by atoms with van der Waals surface area (Å²) in [5, 5.41) is 0. The summed E-state index contributed by atoms with van der Waals surface area (Å²) in [5.74, 6) is 0. The predicted octanol–water partition coefficient (Wildman–Crippen LogP) is 2.02. The number of hydrogen-bond acceptors (Lipinski definition) is 0. The molecule has 0 heterocycles. The van der Waals surface area contributed by atoms with Gasteiger partial charge in [0.05, 0.1) is 8.80 Å². The van der Waals surface area contributed by atoms with Gasteiger partial charge in [-0.05, 0) is 14.9 Å². The van der Waals surface area contributed by atoms with Crippen LogP contribution >= 0.6 is 47.8 Å². The molecule has 0 bridgehead atoms. The summed E-state index contributed by atoms with van der Waals surface area (Å²) in [7, 11) is -0.421. The zero-order valence-corrected chi connectivity index (χ0v) is 9.75. The van der Waals surface area contributed by atoms with E-state index in [-0.39, 0.29) is 0 Å². The van der Waals surface area contributed by atoms with Gasteiger partial charge in [0.2, 0.25) is 0 Å². The van der Waals surface area contributed by atoms with Gasteiger partial charge in [0.25, 0.3) is 0 Å². The Hall–Kier alpha value is 1.66. The molecule has 0 fully saturated rings. The molecule has 0 rings (SSSR count). The molecule has 0 aromatic rings. The molecule has 0 nitrogen and oxygen atoms in total. The molecule has 0 saturated heterocycles. The Morgan fingerprint density at radius 2 is 1.14 bits per heavy atom. The molecule has 0 amide bonds. The van der Waals surface area contributed by atoms with Gasteiger partial charge in [-0.25, -0.2) is 0 Å². The van der Waals surface area contributed by atoms with Crippen LogP contribution in [0.4, 0.5) is 0 Å². The lowest BCUT2D eigenvalue weighted by molar-refractivity contribution is 1.85. The standard InChI is InChI=1S/C3H7Br3Si/c4-1-7(2-5)3-6/h7H,1-3H2. The molecule has 0 aliphatic carbocycles. The van der Waals surface area contributed by atoms with Gasteiger partial charge in [-0.1, -0.05) is 47.8 Å². The highest BCUT2D eigenvalue weighted by atomic mass is 79.9. The van der Waals surface area contributed by atoms with Crippen LogP contribution in [-0.4, -0.2) is 23.7 Å². The van der Waals surface area contributed by atoms with Gasteiger partial charge in [0.15, 0.2) is 0 Å². The maximum absolute atomic E-state index is 3.44. The lowest BCUT2D eigenvalue weighted by Crippen LogP contribution is -2.19. The molecule has 0 atom stereocenters. The molecule has 44 valence electrons. The van der Waals surface area contributed by atoms with Crippen molar-refractivity contribution in [2.75, 3.05) is 14.9 Å². The summed E-state index contributed by atoms with van der Waals surface area (Å²) >= 11 is 10.3. The monoisotopic (exact) mass is 308 g/mol. The first-order valence-corrected chi connectivity index (χ1v) is 7.84. The molecule has 0 aliphatic rings. The minimum atomic E-state index is -0.421. The summed E-state index contributed by atoms with van der Waals surface area (Å²) in [6, 6.07) is 0. The fraction of sp³-hybridized carbons (Fsp3) is 1.00. The van der Waals surface area contributed by atoms with Crippen molar-refractivity contribution in [2.24, 2.45) is 0 Å². The maximum Gasteiger partial charge on any atom is 0.0715 e. The minimum Gasteiger partial charge on any atom is -0.0964 e. The van der Waals surface area contributed by atoms with Gasteiger partial charge in [-0.3, -0.25) is 0 Å². The third-order valence-corrected chi connectivity index (χ3v) is 10.2. The quantitative estimate of drug-likeness (QED) is 0.553. The van der Waals surface area contributed by atoms with E-state index in [1.165, 1.54) is 14.9 Å². The second-order valence-electron chi connectivity index (χ2n) is 1.33. The Labute approximate surface area is 71.0 Å². The predicted molar refractivity (Wildman–Crippen MR) is 48.5 cm³/mol. The van der Waals surface area contributed by atoms with Gasteiger partial charge >= 0.3 is 0 Å². The Kier molecular flexibility index (Phi) is 7.16. The molecular weight excluding hydrogens is 304 g/mol. The molecule has 0 aromatic carbocycles. The van der Waals surface area contributed by atoms with E-state index in [9.17, 15) is 0 Å². The van der Waals surface area contributed by atoms with Crippen LogP contribution in [-0.2, 0) is 0 Å². The highest BCUT2D eigenvalue weighted by Gasteiger charge is 2.02. The Balaban J connectivity index is 2.99. The summed E-state index contributed by atoms with van der Waals surface area (Å²) in [6.45, 7) is 0. The normalized spacial score (nSPS) is 10.3. The largest absolute Gasteiger partial charge is 0.0964 e. The Bertz CT molecular complexity index is 31.7. The van der Waals surface area contributed by atoms with Crippen LogP contribution in [0.2, 0.25) is 0 Å². The minimum absolute atomic E-state index is 0.421. The number of halogens is 3. The first-order chi connectivity index (χ1) is 3.35. The van der Waals surface area contributed by atoms with E-state index in [0.29, 0.717) is 0 Å². The molecule has 0 spiro atoms. The highest BCUT2D eigenvalue weighted by molar-refractivity contribution is 9.11. The second kappa shape index (κ2) is 5.79. The van der Waals surface area contributed by atoms with Crippen LogP contribution in [0.3, 0.4) is 0 Å². The number of hydrogen-bond donors (Lipinski definition) is 0. The Morgan fingerprint density at radius 1 is 0.857 bits per heavy atom. The fourth-order valence-electron chi connectivity index (χ4n) is 0.124. The van der Waals surface area contributed by atoms with Crippen LogP contribution in [0.5, 0.6) is 0 Å². The van der Waals surface area contributed by atoms with E-state index in [2.05, 4.69) is 47.8 Å². The number of alkyl halides is 3. The third kappa shape index (κ3) is 4.18. The van der Waals surface area contributed by atoms with E-state index >= 15 is 0 Å². The zero-order chi connectivity index (χ0) is 5.70. The first-order valence-electron chi connectivity index (χ1n) is 2.03. The van der Waals surface area contributed by atoms with Gasteiger partial charge in [0.1, 0.15) is 0 Å². The van der Waals surface area contributed by atoms with Crippen LogP contribution in [0.15, 0.2) is 0 Å². The van der Waals surface area contributed by atoms with Crippen molar-refractivity contribution >= 4 is 56.6 Å². The molecule has 7 heavy (non-hydrogen) atoms. The lowest BCUT2D eigenvalue weighted by atomic mass is 11.8. The van der Waals surface area contributed by atoms with Crippen molar-refractivity contribution in [1.29, 1.82) is 0 Å². The second-order valence-corrected chi connectivity index (χ2v) is 9.81. The van der Waals surface area contributed by atoms with Crippen LogP contribution < -0.4 is 0 Å². The number of rotatable bonds is 3. The molecule has 0 radical (unpaired) electrons. The van der Waals surface area contributed by atoms with Gasteiger partial charge in [-0.2, -0.15) is 0 Å². The fourth-order valence-corrected chi connectivity index (χ4v) is 10.0. The van der Waals surface area contributed by atoms with E-state index in [0.717, 1.165) is 0 Å². The van der Waals surface area contributed by atoms with E-state index in [4.69, 9.17) is 0 Å². The Morgan fingerprint density at radius 3 is 1.14 bits per heavy atom.